The molecule has 1 aromatic carbocycles. The Morgan fingerprint density at radius 2 is 2.11 bits per heavy atom. The van der Waals surface area contributed by atoms with Crippen LogP contribution in [-0.2, 0) is 4.74 Å². The summed E-state index contributed by atoms with van der Waals surface area (Å²) < 4.78 is 6.14. The van der Waals surface area contributed by atoms with Crippen molar-refractivity contribution < 1.29 is 14.6 Å². The van der Waals surface area contributed by atoms with Gasteiger partial charge in [0.1, 0.15) is 5.75 Å². The number of phenolic OH excluding ortho intramolecular Hbond substituents is 1. The van der Waals surface area contributed by atoms with Crippen molar-refractivity contribution in [2.45, 2.75) is 26.2 Å². The minimum atomic E-state index is -0.166. The maximum absolute atomic E-state index is 11.8. The van der Waals surface area contributed by atoms with Crippen molar-refractivity contribution in [2.24, 2.45) is 0 Å². The van der Waals surface area contributed by atoms with Gasteiger partial charge in [0.05, 0.1) is 3.57 Å². The third-order valence-corrected chi connectivity index (χ3v) is 3.51. The molecule has 19 heavy (non-hydrogen) atoms. The molecular formula is C14H20INO3. The molecule has 0 fully saturated rings. The van der Waals surface area contributed by atoms with Crippen molar-refractivity contribution in [1.82, 2.24) is 5.32 Å². The smallest absolute Gasteiger partial charge is 0.251 e. The number of carbonyl (C=O) groups excluding carboxylic acids is 1. The van der Waals surface area contributed by atoms with Crippen LogP contribution >= 0.6 is 22.6 Å². The van der Waals surface area contributed by atoms with Crippen LogP contribution in [0.5, 0.6) is 5.75 Å². The predicted molar refractivity (Wildman–Crippen MR) is 83.5 cm³/mol. The highest BCUT2D eigenvalue weighted by molar-refractivity contribution is 14.1. The summed E-state index contributed by atoms with van der Waals surface area (Å²) in [5, 5.41) is 12.3. The van der Waals surface area contributed by atoms with E-state index in [1.54, 1.807) is 12.1 Å². The zero-order chi connectivity index (χ0) is 14.1. The number of hydrogen-bond acceptors (Lipinski definition) is 3. The van der Waals surface area contributed by atoms with E-state index in [1.807, 2.05) is 22.6 Å². The summed E-state index contributed by atoms with van der Waals surface area (Å²) in [6.45, 7) is 4.16. The van der Waals surface area contributed by atoms with Crippen molar-refractivity contribution in [3.63, 3.8) is 0 Å². The molecule has 2 N–H and O–H groups in total. The minimum Gasteiger partial charge on any atom is -0.507 e. The fourth-order valence-electron chi connectivity index (χ4n) is 1.48. The standard InChI is InChI=1S/C14H20INO3/c1-2-3-8-19-9-4-7-16-14(18)11-5-6-12(15)13(17)10-11/h5-6,10,17H,2-4,7-9H2,1H3,(H,16,18). The van der Waals surface area contributed by atoms with Gasteiger partial charge in [-0.3, -0.25) is 4.79 Å². The third kappa shape index (κ3) is 6.24. The number of nitrogens with one attached hydrogen (secondary N) is 1. The molecule has 0 saturated heterocycles. The summed E-state index contributed by atoms with van der Waals surface area (Å²) in [4.78, 5) is 11.8. The molecule has 0 saturated carbocycles. The van der Waals surface area contributed by atoms with E-state index >= 15 is 0 Å². The number of ether oxygens (including phenoxy) is 1. The van der Waals surface area contributed by atoms with Crippen LogP contribution in [-0.4, -0.2) is 30.8 Å². The molecule has 1 rings (SSSR count). The summed E-state index contributed by atoms with van der Waals surface area (Å²) >= 11 is 2.02. The molecule has 0 aliphatic rings. The molecule has 0 aliphatic carbocycles. The lowest BCUT2D eigenvalue weighted by molar-refractivity contribution is 0.0940. The number of unbranched alkanes of at least 4 members (excludes halogenated alkanes) is 1. The van der Waals surface area contributed by atoms with Crippen molar-refractivity contribution in [1.29, 1.82) is 0 Å². The molecule has 1 aromatic rings. The Bertz CT molecular complexity index is 410. The molecule has 5 heteroatoms. The molecule has 0 atom stereocenters. The van der Waals surface area contributed by atoms with Crippen LogP contribution in [0.4, 0.5) is 0 Å². The first-order valence-electron chi connectivity index (χ1n) is 6.49. The largest absolute Gasteiger partial charge is 0.507 e. The van der Waals surface area contributed by atoms with Gasteiger partial charge in [-0.25, -0.2) is 0 Å². The van der Waals surface area contributed by atoms with E-state index in [9.17, 15) is 9.90 Å². The highest BCUT2D eigenvalue weighted by Gasteiger charge is 2.07. The lowest BCUT2D eigenvalue weighted by Gasteiger charge is -2.07. The van der Waals surface area contributed by atoms with Gasteiger partial charge in [-0.1, -0.05) is 13.3 Å². The fraction of sp³-hybridized carbons (Fsp3) is 0.500. The van der Waals surface area contributed by atoms with Gasteiger partial charge in [0.2, 0.25) is 0 Å². The minimum absolute atomic E-state index is 0.135. The number of aromatic hydroxyl groups is 1. The Hall–Kier alpha value is -0.820. The predicted octanol–water partition coefficient (Wildman–Crippen LogP) is 2.93. The summed E-state index contributed by atoms with van der Waals surface area (Å²) in [6.07, 6.45) is 3.01. The topological polar surface area (TPSA) is 58.6 Å². The average molecular weight is 377 g/mol. The first-order chi connectivity index (χ1) is 9.15. The Labute approximate surface area is 127 Å². The second-order valence-corrected chi connectivity index (χ2v) is 5.40. The first-order valence-corrected chi connectivity index (χ1v) is 7.57. The Morgan fingerprint density at radius 3 is 2.79 bits per heavy atom. The van der Waals surface area contributed by atoms with Gasteiger partial charge in [0, 0.05) is 25.3 Å². The van der Waals surface area contributed by atoms with Crippen molar-refractivity contribution in [2.75, 3.05) is 19.8 Å². The molecule has 0 aromatic heterocycles. The molecule has 0 heterocycles. The van der Waals surface area contributed by atoms with Gasteiger partial charge >= 0.3 is 0 Å². The Balaban J connectivity index is 2.22. The van der Waals surface area contributed by atoms with Gasteiger partial charge in [-0.05, 0) is 53.6 Å². The van der Waals surface area contributed by atoms with E-state index in [4.69, 9.17) is 4.74 Å². The third-order valence-electron chi connectivity index (χ3n) is 2.60. The summed E-state index contributed by atoms with van der Waals surface area (Å²) in [6, 6.07) is 4.90. The molecule has 1 amide bonds. The van der Waals surface area contributed by atoms with Gasteiger partial charge < -0.3 is 15.2 Å². The van der Waals surface area contributed by atoms with Crippen molar-refractivity contribution in [3.8, 4) is 5.75 Å². The summed E-state index contributed by atoms with van der Waals surface area (Å²) in [5.41, 5.74) is 0.477. The highest BCUT2D eigenvalue weighted by Crippen LogP contribution is 2.20. The van der Waals surface area contributed by atoms with Gasteiger partial charge in [0.25, 0.3) is 5.91 Å². The number of amides is 1. The monoisotopic (exact) mass is 377 g/mol. The SMILES string of the molecule is CCCCOCCCNC(=O)c1ccc(I)c(O)c1. The maximum Gasteiger partial charge on any atom is 0.251 e. The maximum atomic E-state index is 11.8. The zero-order valence-corrected chi connectivity index (χ0v) is 13.3. The normalized spacial score (nSPS) is 10.4. The van der Waals surface area contributed by atoms with E-state index in [0.29, 0.717) is 18.7 Å². The fourth-order valence-corrected chi connectivity index (χ4v) is 1.82. The number of benzene rings is 1. The molecule has 0 unspecified atom stereocenters. The van der Waals surface area contributed by atoms with E-state index in [2.05, 4.69) is 12.2 Å². The van der Waals surface area contributed by atoms with Crippen LogP contribution < -0.4 is 5.32 Å². The lowest BCUT2D eigenvalue weighted by atomic mass is 10.2. The molecule has 0 radical (unpaired) electrons. The summed E-state index contributed by atoms with van der Waals surface area (Å²) in [7, 11) is 0. The van der Waals surface area contributed by atoms with Crippen molar-refractivity contribution >= 4 is 28.5 Å². The van der Waals surface area contributed by atoms with E-state index in [-0.39, 0.29) is 11.7 Å². The average Bonchev–Trinajstić information content (AvgIpc) is 2.40. The number of halogens is 1. The van der Waals surface area contributed by atoms with Crippen molar-refractivity contribution in [3.05, 3.63) is 27.3 Å². The highest BCUT2D eigenvalue weighted by atomic mass is 127. The Morgan fingerprint density at radius 1 is 1.37 bits per heavy atom. The van der Waals surface area contributed by atoms with Crippen LogP contribution in [0.15, 0.2) is 18.2 Å². The van der Waals surface area contributed by atoms with E-state index in [0.717, 1.165) is 29.4 Å². The molecule has 0 aliphatic heterocycles. The van der Waals surface area contributed by atoms with Gasteiger partial charge in [-0.2, -0.15) is 0 Å². The summed E-state index contributed by atoms with van der Waals surface area (Å²) in [5.74, 6) is -0.0311. The number of hydrogen-bond donors (Lipinski definition) is 2. The number of rotatable bonds is 8. The van der Waals surface area contributed by atoms with Crippen LogP contribution in [0.1, 0.15) is 36.5 Å². The number of carbonyl (C=O) groups is 1. The van der Waals surface area contributed by atoms with Gasteiger partial charge in [0.15, 0.2) is 0 Å². The molecule has 0 spiro atoms. The zero-order valence-electron chi connectivity index (χ0n) is 11.1. The first kappa shape index (κ1) is 16.2. The second kappa shape index (κ2) is 9.14. The molecule has 106 valence electrons. The quantitative estimate of drug-likeness (QED) is 0.541. The molecular weight excluding hydrogens is 357 g/mol. The van der Waals surface area contributed by atoms with Crippen LogP contribution in [0.2, 0.25) is 0 Å². The molecule has 4 nitrogen and oxygen atoms in total. The van der Waals surface area contributed by atoms with Gasteiger partial charge in [-0.15, -0.1) is 0 Å². The van der Waals surface area contributed by atoms with E-state index < -0.39 is 0 Å². The Kier molecular flexibility index (Phi) is 7.81. The van der Waals surface area contributed by atoms with Crippen LogP contribution in [0.25, 0.3) is 0 Å². The lowest BCUT2D eigenvalue weighted by Crippen LogP contribution is -2.25. The second-order valence-electron chi connectivity index (χ2n) is 4.24. The van der Waals surface area contributed by atoms with E-state index in [1.165, 1.54) is 6.07 Å². The number of phenols is 1. The van der Waals surface area contributed by atoms with Crippen LogP contribution in [0, 0.1) is 3.57 Å². The molecule has 0 bridgehead atoms. The van der Waals surface area contributed by atoms with Crippen LogP contribution in [0.3, 0.4) is 0 Å².